The summed E-state index contributed by atoms with van der Waals surface area (Å²) in [4.78, 5) is 25.2. The van der Waals surface area contributed by atoms with Gasteiger partial charge in [-0.3, -0.25) is 9.59 Å². The highest BCUT2D eigenvalue weighted by Gasteiger charge is 2.28. The van der Waals surface area contributed by atoms with Crippen LogP contribution >= 0.6 is 0 Å². The average molecular weight is 618 g/mol. The van der Waals surface area contributed by atoms with Crippen LogP contribution in [0.25, 0.3) is 0 Å². The fourth-order valence-electron chi connectivity index (χ4n) is 5.92. The van der Waals surface area contributed by atoms with E-state index in [1.807, 2.05) is 0 Å². The third-order valence-electron chi connectivity index (χ3n) is 8.95. The number of quaternary nitrogens is 1. The van der Waals surface area contributed by atoms with E-state index in [9.17, 15) is 14.7 Å². The van der Waals surface area contributed by atoms with Gasteiger partial charge in [-0.25, -0.2) is 0 Å². The zero-order valence-corrected chi connectivity index (χ0v) is 29.2. The molecule has 0 fully saturated rings. The van der Waals surface area contributed by atoms with Gasteiger partial charge in [-0.2, -0.15) is 0 Å². The summed E-state index contributed by atoms with van der Waals surface area (Å²) in [5.41, 5.74) is 0. The number of rotatable bonds is 31. The van der Waals surface area contributed by atoms with Crippen LogP contribution in [0.2, 0.25) is 0 Å². The van der Waals surface area contributed by atoms with Crippen LogP contribution in [-0.4, -0.2) is 66.8 Å². The van der Waals surface area contributed by atoms with Gasteiger partial charge in [0.2, 0.25) is 11.8 Å². The van der Waals surface area contributed by atoms with Crippen molar-refractivity contribution in [1.29, 1.82) is 0 Å². The van der Waals surface area contributed by atoms with Gasteiger partial charge in [-0.15, -0.1) is 0 Å². The second-order valence-corrected chi connectivity index (χ2v) is 12.5. The number of likely N-dealkylation sites (N-methyl/N-ethyl adjacent to an activating group) is 1. The van der Waals surface area contributed by atoms with E-state index in [2.05, 4.69) is 38.3 Å². The van der Waals surface area contributed by atoms with Crippen molar-refractivity contribution in [3.05, 3.63) is 0 Å². The summed E-state index contributed by atoms with van der Waals surface area (Å²) in [6.07, 6.45) is 25.4. The SMILES string of the molecule is CCCCCCCCCCCC(=O)NCC[N+](CC)(CC)CC(CCCO)NC(=O)CCCCCCCCCCC.[Cl-]. The molecule has 0 aromatic rings. The van der Waals surface area contributed by atoms with Crippen LogP contribution in [0, 0.1) is 0 Å². The molecule has 0 saturated heterocycles. The second-order valence-electron chi connectivity index (χ2n) is 12.5. The van der Waals surface area contributed by atoms with Crippen molar-refractivity contribution < 1.29 is 31.6 Å². The number of hydrogen-bond acceptors (Lipinski definition) is 3. The number of aliphatic hydroxyl groups excluding tert-OH is 1. The molecule has 0 saturated carbocycles. The third-order valence-corrected chi connectivity index (χ3v) is 8.95. The average Bonchev–Trinajstić information content (AvgIpc) is 2.97. The second kappa shape index (κ2) is 31.6. The first kappa shape index (κ1) is 43.3. The molecule has 0 aliphatic heterocycles. The number of nitrogens with one attached hydrogen (secondary N) is 2. The number of amides is 2. The minimum Gasteiger partial charge on any atom is -1.00 e. The minimum absolute atomic E-state index is 0. The first-order valence-corrected chi connectivity index (χ1v) is 18.0. The Bertz CT molecular complexity index is 602. The molecule has 0 bridgehead atoms. The maximum atomic E-state index is 12.8. The van der Waals surface area contributed by atoms with E-state index >= 15 is 0 Å². The quantitative estimate of drug-likeness (QED) is 0.0751. The zero-order chi connectivity index (χ0) is 30.4. The van der Waals surface area contributed by atoms with Gasteiger partial charge in [-0.1, -0.05) is 117 Å². The summed E-state index contributed by atoms with van der Waals surface area (Å²) in [5.74, 6) is 0.319. The molecule has 1 unspecified atom stereocenters. The minimum atomic E-state index is 0. The molecule has 0 aliphatic rings. The van der Waals surface area contributed by atoms with Crippen molar-refractivity contribution >= 4 is 11.8 Å². The number of hydrogen-bond donors (Lipinski definition) is 3. The van der Waals surface area contributed by atoms with Crippen molar-refractivity contribution in [2.75, 3.05) is 39.3 Å². The number of carbonyl (C=O) groups is 2. The van der Waals surface area contributed by atoms with E-state index < -0.39 is 0 Å². The Labute approximate surface area is 267 Å². The van der Waals surface area contributed by atoms with Gasteiger partial charge in [0.05, 0.1) is 38.8 Å². The van der Waals surface area contributed by atoms with Crippen LogP contribution in [0.15, 0.2) is 0 Å². The van der Waals surface area contributed by atoms with Crippen LogP contribution < -0.4 is 23.0 Å². The zero-order valence-electron chi connectivity index (χ0n) is 28.5. The van der Waals surface area contributed by atoms with E-state index in [4.69, 9.17) is 0 Å². The van der Waals surface area contributed by atoms with Crippen molar-refractivity contribution in [3.63, 3.8) is 0 Å². The van der Waals surface area contributed by atoms with E-state index in [0.717, 1.165) is 62.8 Å². The molecule has 2 amide bonds. The molecule has 7 heteroatoms. The van der Waals surface area contributed by atoms with Crippen LogP contribution in [-0.2, 0) is 9.59 Å². The summed E-state index contributed by atoms with van der Waals surface area (Å²) >= 11 is 0. The highest BCUT2D eigenvalue weighted by Crippen LogP contribution is 2.14. The van der Waals surface area contributed by atoms with E-state index in [1.165, 1.54) is 89.9 Å². The molecule has 0 aromatic carbocycles. The Morgan fingerprint density at radius 1 is 0.619 bits per heavy atom. The standard InChI is InChI=1S/C35H71N3O3.ClH/c1-5-9-11-13-15-17-19-21-23-27-34(40)36-29-30-38(7-3,8-4)32-33(26-25-31-39)37-35(41)28-24-22-20-18-16-14-12-10-6-2;/h33,39H,5-32H2,1-4H3,(H-,36,37,40,41);1H. The number of halogens is 1. The van der Waals surface area contributed by atoms with Crippen molar-refractivity contribution in [2.45, 2.75) is 175 Å². The molecule has 0 heterocycles. The lowest BCUT2D eigenvalue weighted by Gasteiger charge is -2.40. The highest BCUT2D eigenvalue weighted by molar-refractivity contribution is 5.76. The molecule has 3 N–H and O–H groups in total. The first-order chi connectivity index (χ1) is 20.0. The van der Waals surface area contributed by atoms with Crippen molar-refractivity contribution in [2.24, 2.45) is 0 Å². The fraction of sp³-hybridized carbons (Fsp3) is 0.943. The first-order valence-electron chi connectivity index (χ1n) is 18.0. The molecule has 1 atom stereocenters. The summed E-state index contributed by atoms with van der Waals surface area (Å²) < 4.78 is 0.868. The molecule has 0 radical (unpaired) electrons. The molecule has 6 nitrogen and oxygen atoms in total. The van der Waals surface area contributed by atoms with E-state index in [0.29, 0.717) is 25.8 Å². The van der Waals surface area contributed by atoms with E-state index in [-0.39, 0.29) is 36.9 Å². The number of aliphatic hydroxyl groups is 1. The molecule has 0 aliphatic carbocycles. The number of unbranched alkanes of at least 4 members (excludes halogenated alkanes) is 16. The van der Waals surface area contributed by atoms with Gasteiger partial charge < -0.3 is 32.6 Å². The van der Waals surface area contributed by atoms with Crippen LogP contribution in [0.5, 0.6) is 0 Å². The fourth-order valence-corrected chi connectivity index (χ4v) is 5.92. The van der Waals surface area contributed by atoms with E-state index in [1.54, 1.807) is 0 Å². The smallest absolute Gasteiger partial charge is 0.220 e. The Balaban J connectivity index is 0. The Morgan fingerprint density at radius 3 is 1.48 bits per heavy atom. The molecule has 0 aromatic heterocycles. The topological polar surface area (TPSA) is 78.4 Å². The normalized spacial score (nSPS) is 12.1. The summed E-state index contributed by atoms with van der Waals surface area (Å²) in [6.45, 7) is 13.4. The number of carbonyl (C=O) groups excluding carboxylic acids is 2. The molecule has 0 spiro atoms. The summed E-state index contributed by atoms with van der Waals surface area (Å²) in [7, 11) is 0. The van der Waals surface area contributed by atoms with Crippen LogP contribution in [0.3, 0.4) is 0 Å². The Hall–Kier alpha value is -0.850. The maximum Gasteiger partial charge on any atom is 0.220 e. The predicted octanol–water partition coefficient (Wildman–Crippen LogP) is 5.06. The van der Waals surface area contributed by atoms with Gasteiger partial charge >= 0.3 is 0 Å². The monoisotopic (exact) mass is 618 g/mol. The van der Waals surface area contributed by atoms with Crippen LogP contribution in [0.1, 0.15) is 169 Å². The van der Waals surface area contributed by atoms with Gasteiger partial charge in [0.25, 0.3) is 0 Å². The van der Waals surface area contributed by atoms with Gasteiger partial charge in [0, 0.05) is 19.4 Å². The molecular weight excluding hydrogens is 546 g/mol. The van der Waals surface area contributed by atoms with Gasteiger partial charge in [-0.05, 0) is 39.5 Å². The predicted molar refractivity (Wildman–Crippen MR) is 176 cm³/mol. The Kier molecular flexibility index (Phi) is 32.5. The maximum absolute atomic E-state index is 12.8. The van der Waals surface area contributed by atoms with Gasteiger partial charge in [0.15, 0.2) is 0 Å². The third kappa shape index (κ3) is 25.6. The number of nitrogens with zero attached hydrogens (tertiary/aromatic N) is 1. The van der Waals surface area contributed by atoms with Crippen molar-refractivity contribution in [3.8, 4) is 0 Å². The summed E-state index contributed by atoms with van der Waals surface area (Å²) in [6, 6.07) is 0.0609. The lowest BCUT2D eigenvalue weighted by atomic mass is 10.1. The Morgan fingerprint density at radius 2 is 1.05 bits per heavy atom. The lowest BCUT2D eigenvalue weighted by molar-refractivity contribution is -0.924. The molecular formula is C35H72ClN3O3. The van der Waals surface area contributed by atoms with Crippen LogP contribution in [0.4, 0.5) is 0 Å². The largest absolute Gasteiger partial charge is 1.00 e. The molecule has 42 heavy (non-hydrogen) atoms. The molecule has 252 valence electrons. The summed E-state index contributed by atoms with van der Waals surface area (Å²) in [5, 5.41) is 15.9. The van der Waals surface area contributed by atoms with Gasteiger partial charge in [0.1, 0.15) is 0 Å². The van der Waals surface area contributed by atoms with Crippen molar-refractivity contribution in [1.82, 2.24) is 10.6 Å². The molecule has 0 rings (SSSR count). The highest BCUT2D eigenvalue weighted by atomic mass is 35.5. The lowest BCUT2D eigenvalue weighted by Crippen LogP contribution is -3.00.